The first-order valence-electron chi connectivity index (χ1n) is 5.95. The number of rotatable bonds is 3. The number of aromatic nitrogens is 4. The van der Waals surface area contributed by atoms with Crippen LogP contribution in [0.4, 0.5) is 5.69 Å². The highest BCUT2D eigenvalue weighted by Gasteiger charge is 2.09. The van der Waals surface area contributed by atoms with Crippen LogP contribution < -0.4 is 11.3 Å². The van der Waals surface area contributed by atoms with Gasteiger partial charge in [-0.15, -0.1) is 0 Å². The summed E-state index contributed by atoms with van der Waals surface area (Å²) < 4.78 is 4.96. The van der Waals surface area contributed by atoms with E-state index < -0.39 is 0 Å². The van der Waals surface area contributed by atoms with Crippen LogP contribution in [-0.2, 0) is 6.42 Å². The molecule has 0 bridgehead atoms. The zero-order chi connectivity index (χ0) is 14.1. The average Bonchev–Trinajstić information content (AvgIpc) is 2.87. The van der Waals surface area contributed by atoms with Gasteiger partial charge in [0, 0.05) is 12.1 Å². The molecule has 1 aromatic carbocycles. The van der Waals surface area contributed by atoms with Crippen molar-refractivity contribution in [3.05, 3.63) is 34.4 Å². The number of anilines is 1. The second-order valence-electron chi connectivity index (χ2n) is 4.08. The van der Waals surface area contributed by atoms with Gasteiger partial charge in [-0.2, -0.15) is 4.37 Å². The van der Waals surface area contributed by atoms with E-state index in [0.717, 1.165) is 16.6 Å². The maximum absolute atomic E-state index is 12.0. The molecule has 3 N–H and O–H groups in total. The van der Waals surface area contributed by atoms with Gasteiger partial charge in [-0.25, -0.2) is 9.97 Å². The lowest BCUT2D eigenvalue weighted by Gasteiger charge is -2.01. The number of nitrogens with two attached hydrogens (primary N) is 1. The fourth-order valence-electron chi connectivity index (χ4n) is 1.69. The molecule has 0 saturated carbocycles. The molecule has 0 unspecified atom stereocenters. The number of nitrogen functional groups attached to an aromatic ring is 1. The molecule has 0 fully saturated rings. The molecular formula is C12H11N5OS2. The summed E-state index contributed by atoms with van der Waals surface area (Å²) in [4.78, 5) is 23.5. The van der Waals surface area contributed by atoms with Gasteiger partial charge < -0.3 is 10.7 Å². The van der Waals surface area contributed by atoms with E-state index in [4.69, 9.17) is 5.73 Å². The molecule has 20 heavy (non-hydrogen) atoms. The lowest BCUT2D eigenvalue weighted by molar-refractivity contribution is 0.954. The number of fused-ring (bicyclic) bond motifs is 1. The fraction of sp³-hybridized carbons (Fsp3) is 0.167. The van der Waals surface area contributed by atoms with Gasteiger partial charge in [0.25, 0.3) is 5.56 Å². The van der Waals surface area contributed by atoms with Crippen molar-refractivity contribution in [2.45, 2.75) is 22.8 Å². The monoisotopic (exact) mass is 305 g/mol. The maximum atomic E-state index is 12.0. The Kier molecular flexibility index (Phi) is 3.41. The minimum Gasteiger partial charge on any atom is -0.399 e. The van der Waals surface area contributed by atoms with Crippen molar-refractivity contribution >= 4 is 39.9 Å². The molecule has 2 aromatic heterocycles. The van der Waals surface area contributed by atoms with Gasteiger partial charge in [-0.05, 0) is 41.5 Å². The Hall–Kier alpha value is -1.93. The van der Waals surface area contributed by atoms with Crippen molar-refractivity contribution in [2.24, 2.45) is 0 Å². The Morgan fingerprint density at radius 2 is 2.25 bits per heavy atom. The van der Waals surface area contributed by atoms with Crippen molar-refractivity contribution in [3.63, 3.8) is 0 Å². The van der Waals surface area contributed by atoms with Gasteiger partial charge in [-0.1, -0.05) is 6.92 Å². The summed E-state index contributed by atoms with van der Waals surface area (Å²) in [5.41, 5.74) is 6.63. The van der Waals surface area contributed by atoms with Crippen molar-refractivity contribution < 1.29 is 0 Å². The molecular weight excluding hydrogens is 294 g/mol. The van der Waals surface area contributed by atoms with Crippen LogP contribution in [0.25, 0.3) is 10.9 Å². The molecule has 6 nitrogen and oxygen atoms in total. The van der Waals surface area contributed by atoms with Crippen LogP contribution >= 0.6 is 23.3 Å². The molecule has 3 aromatic rings. The van der Waals surface area contributed by atoms with Gasteiger partial charge >= 0.3 is 0 Å². The highest BCUT2D eigenvalue weighted by Crippen LogP contribution is 2.26. The predicted molar refractivity (Wildman–Crippen MR) is 80.2 cm³/mol. The largest absolute Gasteiger partial charge is 0.399 e. The molecule has 3 rings (SSSR count). The van der Waals surface area contributed by atoms with E-state index >= 15 is 0 Å². The molecule has 102 valence electrons. The first-order chi connectivity index (χ1) is 9.65. The molecule has 2 heterocycles. The van der Waals surface area contributed by atoms with E-state index in [1.165, 1.54) is 23.3 Å². The summed E-state index contributed by atoms with van der Waals surface area (Å²) in [5.74, 6) is 0.799. The number of hydrogen-bond donors (Lipinski definition) is 2. The molecule has 0 aliphatic carbocycles. The summed E-state index contributed by atoms with van der Waals surface area (Å²) in [6, 6.07) is 5.08. The quantitative estimate of drug-likeness (QED) is 0.568. The number of nitrogens with zero attached hydrogens (tertiary/aromatic N) is 3. The van der Waals surface area contributed by atoms with E-state index in [1.807, 2.05) is 6.92 Å². The van der Waals surface area contributed by atoms with Crippen LogP contribution in [0.2, 0.25) is 0 Å². The first-order valence-corrected chi connectivity index (χ1v) is 7.54. The Balaban J connectivity index is 2.00. The van der Waals surface area contributed by atoms with Crippen molar-refractivity contribution in [1.29, 1.82) is 0 Å². The van der Waals surface area contributed by atoms with Gasteiger partial charge in [0.05, 0.1) is 10.9 Å². The lowest BCUT2D eigenvalue weighted by Crippen LogP contribution is -2.09. The smallest absolute Gasteiger partial charge is 0.259 e. The van der Waals surface area contributed by atoms with Crippen LogP contribution in [0.1, 0.15) is 12.7 Å². The summed E-state index contributed by atoms with van der Waals surface area (Å²) in [5, 5.41) is 0.993. The molecule has 0 aliphatic rings. The highest BCUT2D eigenvalue weighted by atomic mass is 32.2. The molecule has 0 atom stereocenters. The predicted octanol–water partition coefficient (Wildman–Crippen LogP) is 2.07. The first kappa shape index (κ1) is 13.1. The summed E-state index contributed by atoms with van der Waals surface area (Å²) >= 11 is 2.61. The van der Waals surface area contributed by atoms with Gasteiger partial charge in [0.15, 0.2) is 9.50 Å². The number of aryl methyl sites for hydroxylation is 1. The number of aromatic amines is 1. The van der Waals surface area contributed by atoms with E-state index in [9.17, 15) is 4.79 Å². The second-order valence-corrected chi connectivity index (χ2v) is 6.07. The van der Waals surface area contributed by atoms with E-state index in [-0.39, 0.29) is 5.56 Å². The Morgan fingerprint density at radius 3 is 3.00 bits per heavy atom. The average molecular weight is 305 g/mol. The van der Waals surface area contributed by atoms with Crippen LogP contribution in [-0.4, -0.2) is 19.3 Å². The zero-order valence-electron chi connectivity index (χ0n) is 10.6. The molecule has 0 aliphatic heterocycles. The Bertz CT molecular complexity index is 826. The van der Waals surface area contributed by atoms with Crippen LogP contribution in [0.15, 0.2) is 32.5 Å². The summed E-state index contributed by atoms with van der Waals surface area (Å²) in [6.45, 7) is 2.00. The van der Waals surface area contributed by atoms with E-state index in [2.05, 4.69) is 19.3 Å². The number of H-pyrrole nitrogens is 1. The van der Waals surface area contributed by atoms with Crippen LogP contribution in [0.3, 0.4) is 0 Å². The maximum Gasteiger partial charge on any atom is 0.259 e. The SMILES string of the molecule is CCc1nsc(Sc2nc3ccc(N)cc3c(=O)[nH]2)n1. The lowest BCUT2D eigenvalue weighted by atomic mass is 10.2. The standard InChI is InChI=1S/C12H11N5OS2/c1-2-9-15-12(20-17-9)19-11-14-8-4-3-6(13)5-7(8)10(18)16-11/h3-5H,2,13H2,1H3,(H,14,16,18). The minimum absolute atomic E-state index is 0.204. The van der Waals surface area contributed by atoms with Crippen molar-refractivity contribution in [1.82, 2.24) is 19.3 Å². The highest BCUT2D eigenvalue weighted by molar-refractivity contribution is 8.00. The second kappa shape index (κ2) is 5.22. The molecule has 0 amide bonds. The Labute approximate surface area is 122 Å². The van der Waals surface area contributed by atoms with Gasteiger partial charge in [0.1, 0.15) is 5.82 Å². The van der Waals surface area contributed by atoms with Gasteiger partial charge in [-0.3, -0.25) is 4.79 Å². The van der Waals surface area contributed by atoms with Crippen LogP contribution in [0, 0.1) is 0 Å². The molecule has 0 radical (unpaired) electrons. The number of hydrogen-bond acceptors (Lipinski definition) is 7. The zero-order valence-corrected chi connectivity index (χ0v) is 12.2. The molecule has 8 heteroatoms. The third kappa shape index (κ3) is 2.52. The third-order valence-corrected chi connectivity index (χ3v) is 4.33. The molecule has 0 saturated heterocycles. The Morgan fingerprint density at radius 1 is 1.40 bits per heavy atom. The normalized spacial score (nSPS) is 11.1. The van der Waals surface area contributed by atoms with E-state index in [1.54, 1.807) is 18.2 Å². The van der Waals surface area contributed by atoms with Crippen LogP contribution in [0.5, 0.6) is 0 Å². The van der Waals surface area contributed by atoms with E-state index in [0.29, 0.717) is 21.7 Å². The van der Waals surface area contributed by atoms with Crippen molar-refractivity contribution in [2.75, 3.05) is 5.73 Å². The number of benzene rings is 1. The third-order valence-electron chi connectivity index (χ3n) is 2.66. The number of nitrogens with one attached hydrogen (secondary N) is 1. The molecule has 0 spiro atoms. The fourth-order valence-corrected chi connectivity index (χ4v) is 3.29. The minimum atomic E-state index is -0.204. The van der Waals surface area contributed by atoms with Crippen molar-refractivity contribution in [3.8, 4) is 0 Å². The van der Waals surface area contributed by atoms with Gasteiger partial charge in [0.2, 0.25) is 0 Å². The summed E-state index contributed by atoms with van der Waals surface area (Å²) in [6.07, 6.45) is 0.790. The summed E-state index contributed by atoms with van der Waals surface area (Å²) in [7, 11) is 0. The topological polar surface area (TPSA) is 97.5 Å².